The molecule has 0 spiro atoms. The van der Waals surface area contributed by atoms with E-state index in [9.17, 15) is 4.79 Å². The second-order valence-corrected chi connectivity index (χ2v) is 5.63. The van der Waals surface area contributed by atoms with E-state index in [4.69, 9.17) is 0 Å². The minimum absolute atomic E-state index is 0.271. The molecule has 0 saturated heterocycles. The zero-order chi connectivity index (χ0) is 16.9. The van der Waals surface area contributed by atoms with E-state index in [-0.39, 0.29) is 11.6 Å². The van der Waals surface area contributed by atoms with Crippen molar-refractivity contribution in [1.82, 2.24) is 10.2 Å². The summed E-state index contributed by atoms with van der Waals surface area (Å²) in [4.78, 5) is 12.3. The maximum atomic E-state index is 12.3. The molecule has 3 aromatic rings. The molecule has 0 saturated carbocycles. The number of amides is 1. The van der Waals surface area contributed by atoms with Gasteiger partial charge in [-0.2, -0.15) is 0 Å². The number of rotatable bonds is 4. The van der Waals surface area contributed by atoms with Gasteiger partial charge in [0.1, 0.15) is 0 Å². The van der Waals surface area contributed by atoms with Crippen LogP contribution in [0.25, 0.3) is 0 Å². The second kappa shape index (κ2) is 6.91. The van der Waals surface area contributed by atoms with Gasteiger partial charge in [-0.25, -0.2) is 0 Å². The number of aryl methyl sites for hydroxylation is 2. The van der Waals surface area contributed by atoms with Crippen LogP contribution in [0.3, 0.4) is 0 Å². The Labute approximate surface area is 140 Å². The van der Waals surface area contributed by atoms with E-state index in [1.807, 2.05) is 56.3 Å². The van der Waals surface area contributed by atoms with Crippen molar-refractivity contribution in [3.63, 3.8) is 0 Å². The van der Waals surface area contributed by atoms with Gasteiger partial charge in [-0.05, 0) is 61.4 Å². The number of anilines is 3. The molecule has 0 unspecified atom stereocenters. The molecule has 1 heterocycles. The van der Waals surface area contributed by atoms with Crippen LogP contribution in [0.15, 0.2) is 60.7 Å². The van der Waals surface area contributed by atoms with Crippen molar-refractivity contribution >= 4 is 23.1 Å². The van der Waals surface area contributed by atoms with Crippen LogP contribution < -0.4 is 10.6 Å². The highest BCUT2D eigenvalue weighted by atomic mass is 16.1. The predicted octanol–water partition coefficient (Wildman–Crippen LogP) is 4.09. The zero-order valence-electron chi connectivity index (χ0n) is 13.6. The third kappa shape index (κ3) is 3.95. The van der Waals surface area contributed by atoms with E-state index >= 15 is 0 Å². The molecule has 0 aliphatic carbocycles. The number of nitrogens with zero attached hydrogens (tertiary/aromatic N) is 2. The summed E-state index contributed by atoms with van der Waals surface area (Å²) < 4.78 is 0. The number of nitrogens with one attached hydrogen (secondary N) is 2. The Balaban J connectivity index is 1.69. The molecule has 24 heavy (non-hydrogen) atoms. The Morgan fingerprint density at radius 3 is 2.17 bits per heavy atom. The van der Waals surface area contributed by atoms with Gasteiger partial charge >= 0.3 is 0 Å². The molecule has 120 valence electrons. The number of carbonyl (C=O) groups is 1. The first kappa shape index (κ1) is 15.7. The molecule has 5 heteroatoms. The lowest BCUT2D eigenvalue weighted by molar-refractivity contribution is 0.102. The number of para-hydroxylation sites is 1. The second-order valence-electron chi connectivity index (χ2n) is 5.63. The lowest BCUT2D eigenvalue weighted by Gasteiger charge is -2.08. The van der Waals surface area contributed by atoms with Crippen LogP contribution in [0, 0.1) is 13.8 Å². The summed E-state index contributed by atoms with van der Waals surface area (Å²) in [6, 6.07) is 18.9. The molecule has 5 nitrogen and oxygen atoms in total. The normalized spacial score (nSPS) is 10.2. The average molecular weight is 318 g/mol. The monoisotopic (exact) mass is 318 g/mol. The Morgan fingerprint density at radius 2 is 1.54 bits per heavy atom. The molecule has 0 bridgehead atoms. The van der Waals surface area contributed by atoms with Crippen molar-refractivity contribution in [3.05, 3.63) is 77.5 Å². The molecule has 1 aromatic heterocycles. The van der Waals surface area contributed by atoms with E-state index in [0.717, 1.165) is 22.5 Å². The third-order valence-corrected chi connectivity index (χ3v) is 3.42. The van der Waals surface area contributed by atoms with Crippen molar-refractivity contribution in [1.29, 1.82) is 0 Å². The molecule has 2 aromatic carbocycles. The van der Waals surface area contributed by atoms with Crippen molar-refractivity contribution in [2.45, 2.75) is 13.8 Å². The Kier molecular flexibility index (Phi) is 4.52. The maximum absolute atomic E-state index is 12.3. The van der Waals surface area contributed by atoms with Crippen LogP contribution in [0.1, 0.15) is 21.6 Å². The SMILES string of the molecule is Cc1cc(C)cc(NC(=O)c2ccc(Nc3ccccc3)nn2)c1. The standard InChI is InChI=1S/C19H18N4O/c1-13-10-14(2)12-16(11-13)21-19(24)17-8-9-18(23-22-17)20-15-6-4-3-5-7-15/h3-12H,1-2H3,(H,20,23)(H,21,24). The molecular weight excluding hydrogens is 300 g/mol. The van der Waals surface area contributed by atoms with Crippen LogP contribution >= 0.6 is 0 Å². The third-order valence-electron chi connectivity index (χ3n) is 3.42. The van der Waals surface area contributed by atoms with Crippen molar-refractivity contribution in [2.24, 2.45) is 0 Å². The van der Waals surface area contributed by atoms with E-state index in [0.29, 0.717) is 5.82 Å². The minimum atomic E-state index is -0.279. The van der Waals surface area contributed by atoms with E-state index in [2.05, 4.69) is 26.9 Å². The highest BCUT2D eigenvalue weighted by molar-refractivity contribution is 6.02. The predicted molar refractivity (Wildman–Crippen MR) is 95.6 cm³/mol. The molecule has 0 aliphatic rings. The van der Waals surface area contributed by atoms with Gasteiger partial charge < -0.3 is 10.6 Å². The molecule has 0 fully saturated rings. The number of benzene rings is 2. The average Bonchev–Trinajstić information content (AvgIpc) is 2.55. The molecule has 0 radical (unpaired) electrons. The largest absolute Gasteiger partial charge is 0.339 e. The smallest absolute Gasteiger partial charge is 0.276 e. The summed E-state index contributed by atoms with van der Waals surface area (Å²) in [5.74, 6) is 0.308. The Bertz CT molecular complexity index is 825. The number of aromatic nitrogens is 2. The highest BCUT2D eigenvalue weighted by Gasteiger charge is 2.09. The van der Waals surface area contributed by atoms with Crippen LogP contribution in [-0.2, 0) is 0 Å². The van der Waals surface area contributed by atoms with Gasteiger partial charge in [-0.15, -0.1) is 10.2 Å². The van der Waals surface area contributed by atoms with Crippen LogP contribution in [0.4, 0.5) is 17.2 Å². The Hall–Kier alpha value is -3.21. The zero-order valence-corrected chi connectivity index (χ0v) is 13.6. The first-order chi connectivity index (χ1) is 11.6. The van der Waals surface area contributed by atoms with Crippen LogP contribution in [0.2, 0.25) is 0 Å². The first-order valence-corrected chi connectivity index (χ1v) is 7.65. The van der Waals surface area contributed by atoms with Gasteiger partial charge in [0, 0.05) is 11.4 Å². The maximum Gasteiger partial charge on any atom is 0.276 e. The summed E-state index contributed by atoms with van der Waals surface area (Å²) in [5.41, 5.74) is 4.13. The van der Waals surface area contributed by atoms with Gasteiger partial charge in [0.15, 0.2) is 11.5 Å². The van der Waals surface area contributed by atoms with Crippen molar-refractivity contribution in [3.8, 4) is 0 Å². The van der Waals surface area contributed by atoms with E-state index < -0.39 is 0 Å². The number of hydrogen-bond donors (Lipinski definition) is 2. The minimum Gasteiger partial charge on any atom is -0.339 e. The fourth-order valence-electron chi connectivity index (χ4n) is 2.43. The summed E-state index contributed by atoms with van der Waals surface area (Å²) in [6.07, 6.45) is 0. The fourth-order valence-corrected chi connectivity index (χ4v) is 2.43. The molecule has 0 atom stereocenters. The fraction of sp³-hybridized carbons (Fsp3) is 0.105. The summed E-state index contributed by atoms with van der Waals surface area (Å²) >= 11 is 0. The van der Waals surface area contributed by atoms with Crippen LogP contribution in [-0.4, -0.2) is 16.1 Å². The van der Waals surface area contributed by atoms with Gasteiger partial charge in [-0.1, -0.05) is 24.3 Å². The molecule has 2 N–H and O–H groups in total. The van der Waals surface area contributed by atoms with Gasteiger partial charge in [0.25, 0.3) is 5.91 Å². The molecular formula is C19H18N4O. The molecule has 0 aliphatic heterocycles. The summed E-state index contributed by atoms with van der Waals surface area (Å²) in [6.45, 7) is 3.99. The highest BCUT2D eigenvalue weighted by Crippen LogP contribution is 2.16. The van der Waals surface area contributed by atoms with Gasteiger partial charge in [0.2, 0.25) is 0 Å². The van der Waals surface area contributed by atoms with E-state index in [1.165, 1.54) is 0 Å². The number of carbonyl (C=O) groups excluding carboxylic acids is 1. The summed E-state index contributed by atoms with van der Waals surface area (Å²) in [7, 11) is 0. The van der Waals surface area contributed by atoms with Crippen molar-refractivity contribution < 1.29 is 4.79 Å². The quantitative estimate of drug-likeness (QED) is 0.760. The van der Waals surface area contributed by atoms with Gasteiger partial charge in [0.05, 0.1) is 0 Å². The first-order valence-electron chi connectivity index (χ1n) is 7.65. The lowest BCUT2D eigenvalue weighted by Crippen LogP contribution is -2.14. The summed E-state index contributed by atoms with van der Waals surface area (Å²) in [5, 5.41) is 14.0. The van der Waals surface area contributed by atoms with E-state index in [1.54, 1.807) is 12.1 Å². The molecule has 1 amide bonds. The molecule has 3 rings (SSSR count). The Morgan fingerprint density at radius 1 is 0.833 bits per heavy atom. The van der Waals surface area contributed by atoms with Crippen molar-refractivity contribution in [2.75, 3.05) is 10.6 Å². The lowest BCUT2D eigenvalue weighted by atomic mass is 10.1. The topological polar surface area (TPSA) is 66.9 Å². The number of hydrogen-bond acceptors (Lipinski definition) is 4. The van der Waals surface area contributed by atoms with Crippen LogP contribution in [0.5, 0.6) is 0 Å². The van der Waals surface area contributed by atoms with Gasteiger partial charge in [-0.3, -0.25) is 4.79 Å².